The van der Waals surface area contributed by atoms with E-state index in [9.17, 15) is 0 Å². The van der Waals surface area contributed by atoms with Gasteiger partial charge < -0.3 is 10.1 Å². The number of para-hydroxylation sites is 1. The van der Waals surface area contributed by atoms with Gasteiger partial charge in [-0.2, -0.15) is 0 Å². The summed E-state index contributed by atoms with van der Waals surface area (Å²) < 4.78 is 6.53. The lowest BCUT2D eigenvalue weighted by Crippen LogP contribution is -1.88. The zero-order valence-corrected chi connectivity index (χ0v) is 11.6. The van der Waals surface area contributed by atoms with Gasteiger partial charge in [-0.25, -0.2) is 4.98 Å². The van der Waals surface area contributed by atoms with Crippen molar-refractivity contribution in [3.05, 3.63) is 48.0 Å². The summed E-state index contributed by atoms with van der Waals surface area (Å²) in [6, 6.07) is 14.1. The highest BCUT2D eigenvalue weighted by molar-refractivity contribution is 7.22. The first-order chi connectivity index (χ1) is 9.28. The van der Waals surface area contributed by atoms with Crippen LogP contribution in [0.1, 0.15) is 5.56 Å². The van der Waals surface area contributed by atoms with Gasteiger partial charge in [0.05, 0.1) is 11.8 Å². The molecule has 19 heavy (non-hydrogen) atoms. The second-order valence-corrected chi connectivity index (χ2v) is 5.27. The summed E-state index contributed by atoms with van der Waals surface area (Å²) in [5.74, 6) is 0.818. The Balaban J connectivity index is 2.04. The smallest absolute Gasteiger partial charge is 0.188 e. The van der Waals surface area contributed by atoms with E-state index in [1.807, 2.05) is 36.4 Å². The predicted octanol–water partition coefficient (Wildman–Crippen LogP) is 4.36. The average Bonchev–Trinajstić information content (AvgIpc) is 2.85. The van der Waals surface area contributed by atoms with E-state index in [1.54, 1.807) is 18.4 Å². The van der Waals surface area contributed by atoms with Crippen LogP contribution in [0.25, 0.3) is 10.2 Å². The van der Waals surface area contributed by atoms with Gasteiger partial charge in [0, 0.05) is 5.69 Å². The predicted molar refractivity (Wildman–Crippen MR) is 80.6 cm³/mol. The highest BCUT2D eigenvalue weighted by atomic mass is 32.1. The van der Waals surface area contributed by atoms with Crippen LogP contribution < -0.4 is 10.1 Å². The van der Waals surface area contributed by atoms with Gasteiger partial charge in [0.2, 0.25) is 0 Å². The number of nitrogens with one attached hydrogen (secondary N) is 1. The number of fused-ring (bicyclic) bond motifs is 1. The van der Waals surface area contributed by atoms with Crippen molar-refractivity contribution in [3.8, 4) is 5.75 Å². The molecule has 3 aromatic rings. The van der Waals surface area contributed by atoms with Gasteiger partial charge in [0.25, 0.3) is 0 Å². The van der Waals surface area contributed by atoms with Crippen molar-refractivity contribution >= 4 is 32.4 Å². The molecule has 1 aromatic heterocycles. The topological polar surface area (TPSA) is 34.1 Å². The van der Waals surface area contributed by atoms with Gasteiger partial charge in [0.15, 0.2) is 5.13 Å². The number of hydrogen-bond donors (Lipinski definition) is 1. The lowest BCUT2D eigenvalue weighted by atomic mass is 10.2. The van der Waals surface area contributed by atoms with Crippen molar-refractivity contribution in [3.63, 3.8) is 0 Å². The Hall–Kier alpha value is -2.07. The fourth-order valence-electron chi connectivity index (χ4n) is 1.97. The van der Waals surface area contributed by atoms with Gasteiger partial charge in [-0.3, -0.25) is 0 Å². The van der Waals surface area contributed by atoms with E-state index in [0.717, 1.165) is 26.8 Å². The van der Waals surface area contributed by atoms with Crippen LogP contribution in [0, 0.1) is 6.92 Å². The Kier molecular flexibility index (Phi) is 3.09. The largest absolute Gasteiger partial charge is 0.494 e. The third-order valence-electron chi connectivity index (χ3n) is 2.95. The average molecular weight is 270 g/mol. The van der Waals surface area contributed by atoms with Crippen molar-refractivity contribution in [1.82, 2.24) is 4.98 Å². The monoisotopic (exact) mass is 270 g/mol. The molecule has 1 heterocycles. The molecule has 0 aliphatic carbocycles. The van der Waals surface area contributed by atoms with E-state index in [1.165, 1.54) is 5.56 Å². The summed E-state index contributed by atoms with van der Waals surface area (Å²) in [6.45, 7) is 2.09. The summed E-state index contributed by atoms with van der Waals surface area (Å²) in [6.07, 6.45) is 0. The zero-order chi connectivity index (χ0) is 13.2. The molecular formula is C15H14N2OS. The standard InChI is InChI=1S/C15H14N2OS/c1-10-8-9-12(18-2)13-14(10)19-15(17-13)16-11-6-4-3-5-7-11/h3-9H,1-2H3,(H,16,17). The maximum atomic E-state index is 5.36. The molecule has 1 N–H and O–H groups in total. The molecule has 0 saturated carbocycles. The quantitative estimate of drug-likeness (QED) is 0.768. The van der Waals surface area contributed by atoms with E-state index < -0.39 is 0 Å². The summed E-state index contributed by atoms with van der Waals surface area (Å²) in [4.78, 5) is 4.62. The maximum absolute atomic E-state index is 5.36. The highest BCUT2D eigenvalue weighted by Gasteiger charge is 2.11. The molecule has 0 atom stereocenters. The molecule has 0 aliphatic rings. The number of rotatable bonds is 3. The van der Waals surface area contributed by atoms with Gasteiger partial charge in [0.1, 0.15) is 11.3 Å². The number of anilines is 2. The molecule has 4 heteroatoms. The molecule has 0 unspecified atom stereocenters. The van der Waals surface area contributed by atoms with Gasteiger partial charge in [-0.15, -0.1) is 0 Å². The molecular weight excluding hydrogens is 256 g/mol. The Morgan fingerprint density at radius 2 is 1.89 bits per heavy atom. The molecule has 0 aliphatic heterocycles. The third-order valence-corrected chi connectivity index (χ3v) is 4.05. The minimum Gasteiger partial charge on any atom is -0.494 e. The second kappa shape index (κ2) is 4.90. The van der Waals surface area contributed by atoms with Gasteiger partial charge in [-0.1, -0.05) is 35.6 Å². The Bertz CT molecular complexity index is 707. The van der Waals surface area contributed by atoms with Gasteiger partial charge >= 0.3 is 0 Å². The fourth-order valence-corrected chi connectivity index (χ4v) is 2.94. The maximum Gasteiger partial charge on any atom is 0.188 e. The fraction of sp³-hybridized carbons (Fsp3) is 0.133. The molecule has 0 spiro atoms. The minimum absolute atomic E-state index is 0.818. The van der Waals surface area contributed by atoms with Crippen molar-refractivity contribution in [2.75, 3.05) is 12.4 Å². The second-order valence-electron chi connectivity index (χ2n) is 4.27. The number of hydrogen-bond acceptors (Lipinski definition) is 4. The van der Waals surface area contributed by atoms with Crippen LogP contribution in [0.4, 0.5) is 10.8 Å². The first-order valence-electron chi connectivity index (χ1n) is 6.04. The first-order valence-corrected chi connectivity index (χ1v) is 6.86. The molecule has 0 bridgehead atoms. The number of aromatic nitrogens is 1. The molecule has 0 radical (unpaired) electrons. The summed E-state index contributed by atoms with van der Waals surface area (Å²) >= 11 is 1.65. The molecule has 2 aromatic carbocycles. The first kappa shape index (κ1) is 12.0. The van der Waals surface area contributed by atoms with Crippen LogP contribution in [0.15, 0.2) is 42.5 Å². The number of ether oxygens (including phenoxy) is 1. The normalized spacial score (nSPS) is 10.6. The van der Waals surface area contributed by atoms with Crippen LogP contribution >= 0.6 is 11.3 Å². The van der Waals surface area contributed by atoms with Crippen molar-refractivity contribution in [2.24, 2.45) is 0 Å². The van der Waals surface area contributed by atoms with E-state index in [-0.39, 0.29) is 0 Å². The number of methoxy groups -OCH3 is 1. The molecule has 0 saturated heterocycles. The Morgan fingerprint density at radius 3 is 2.63 bits per heavy atom. The Morgan fingerprint density at radius 1 is 1.11 bits per heavy atom. The lowest BCUT2D eigenvalue weighted by molar-refractivity contribution is 0.419. The van der Waals surface area contributed by atoms with E-state index >= 15 is 0 Å². The molecule has 96 valence electrons. The number of benzene rings is 2. The van der Waals surface area contributed by atoms with Crippen LogP contribution in [-0.2, 0) is 0 Å². The number of nitrogens with zero attached hydrogens (tertiary/aromatic N) is 1. The molecule has 3 rings (SSSR count). The highest BCUT2D eigenvalue weighted by Crippen LogP contribution is 2.35. The van der Waals surface area contributed by atoms with Gasteiger partial charge in [-0.05, 0) is 30.7 Å². The van der Waals surface area contributed by atoms with Crippen molar-refractivity contribution in [2.45, 2.75) is 6.92 Å². The van der Waals surface area contributed by atoms with Crippen LogP contribution in [-0.4, -0.2) is 12.1 Å². The number of thiazole rings is 1. The Labute approximate surface area is 115 Å². The zero-order valence-electron chi connectivity index (χ0n) is 10.8. The van der Waals surface area contributed by atoms with Crippen molar-refractivity contribution in [1.29, 1.82) is 0 Å². The molecule has 0 amide bonds. The van der Waals surface area contributed by atoms with Crippen molar-refractivity contribution < 1.29 is 4.74 Å². The summed E-state index contributed by atoms with van der Waals surface area (Å²) in [7, 11) is 1.67. The molecule has 3 nitrogen and oxygen atoms in total. The lowest BCUT2D eigenvalue weighted by Gasteiger charge is -2.01. The van der Waals surface area contributed by atoms with E-state index in [4.69, 9.17) is 4.74 Å². The summed E-state index contributed by atoms with van der Waals surface area (Å²) in [5.41, 5.74) is 3.18. The van der Waals surface area contributed by atoms with Crippen LogP contribution in [0.2, 0.25) is 0 Å². The third kappa shape index (κ3) is 2.27. The van der Waals surface area contributed by atoms with E-state index in [2.05, 4.69) is 23.3 Å². The number of aryl methyl sites for hydroxylation is 1. The van der Waals surface area contributed by atoms with Crippen LogP contribution in [0.3, 0.4) is 0 Å². The molecule has 0 fully saturated rings. The minimum atomic E-state index is 0.818. The SMILES string of the molecule is COc1ccc(C)c2sc(Nc3ccccc3)nc12. The summed E-state index contributed by atoms with van der Waals surface area (Å²) in [5, 5.41) is 4.21. The van der Waals surface area contributed by atoms with E-state index in [0.29, 0.717) is 0 Å². The van der Waals surface area contributed by atoms with Crippen LogP contribution in [0.5, 0.6) is 5.75 Å².